The summed E-state index contributed by atoms with van der Waals surface area (Å²) in [6.45, 7) is 12.2. The molecular formula is C14H25N3S. The molecule has 0 spiro atoms. The Morgan fingerprint density at radius 1 is 1.50 bits per heavy atom. The predicted octanol–water partition coefficient (Wildman–Crippen LogP) is 3.27. The van der Waals surface area contributed by atoms with E-state index in [1.54, 1.807) is 11.3 Å². The van der Waals surface area contributed by atoms with Gasteiger partial charge >= 0.3 is 0 Å². The lowest BCUT2D eigenvalue weighted by Crippen LogP contribution is -2.40. The Kier molecular flexibility index (Phi) is 4.28. The average Bonchev–Trinajstić information content (AvgIpc) is 2.73. The van der Waals surface area contributed by atoms with Crippen molar-refractivity contribution >= 4 is 16.5 Å². The van der Waals surface area contributed by atoms with Gasteiger partial charge in [0.1, 0.15) is 0 Å². The van der Waals surface area contributed by atoms with Crippen LogP contribution in [0.4, 0.5) is 5.13 Å². The Hall–Kier alpha value is -0.610. The summed E-state index contributed by atoms with van der Waals surface area (Å²) in [5, 5.41) is 6.80. The number of nitrogens with zero attached hydrogens (tertiary/aromatic N) is 2. The van der Waals surface area contributed by atoms with Gasteiger partial charge in [-0.2, -0.15) is 0 Å². The summed E-state index contributed by atoms with van der Waals surface area (Å²) in [4.78, 5) is 7.20. The van der Waals surface area contributed by atoms with E-state index in [9.17, 15) is 0 Å². The second kappa shape index (κ2) is 5.57. The molecule has 0 atom stereocenters. The summed E-state index contributed by atoms with van der Waals surface area (Å²) < 4.78 is 0. The maximum Gasteiger partial charge on any atom is 0.185 e. The largest absolute Gasteiger partial charge is 0.348 e. The molecule has 1 saturated heterocycles. The molecule has 0 amide bonds. The van der Waals surface area contributed by atoms with Gasteiger partial charge < -0.3 is 10.2 Å². The van der Waals surface area contributed by atoms with E-state index in [1.807, 2.05) is 0 Å². The number of anilines is 1. The fourth-order valence-corrected chi connectivity index (χ4v) is 3.27. The molecule has 1 N–H and O–H groups in total. The van der Waals surface area contributed by atoms with E-state index in [2.05, 4.69) is 43.3 Å². The first kappa shape index (κ1) is 13.8. The molecule has 18 heavy (non-hydrogen) atoms. The Morgan fingerprint density at radius 3 is 2.94 bits per heavy atom. The van der Waals surface area contributed by atoms with Crippen molar-refractivity contribution in [1.29, 1.82) is 0 Å². The van der Waals surface area contributed by atoms with Gasteiger partial charge in [0.25, 0.3) is 0 Å². The molecule has 0 unspecified atom stereocenters. The second-order valence-corrected chi connectivity index (χ2v) is 7.18. The highest BCUT2D eigenvalue weighted by Gasteiger charge is 2.27. The van der Waals surface area contributed by atoms with Crippen molar-refractivity contribution in [1.82, 2.24) is 10.3 Å². The summed E-state index contributed by atoms with van der Waals surface area (Å²) in [6, 6.07) is 0.518. The third kappa shape index (κ3) is 3.69. The standard InChI is InChI=1S/C14H25N3S/c1-11(2)15-8-12-9-18-13(16-12)17-7-5-6-14(3,4)10-17/h9,11,15H,5-8,10H2,1-4H3. The Balaban J connectivity index is 1.97. The fraction of sp³-hybridized carbons (Fsp3) is 0.786. The van der Waals surface area contributed by atoms with Crippen LogP contribution in [0.5, 0.6) is 0 Å². The zero-order valence-corrected chi connectivity index (χ0v) is 12.8. The molecule has 0 aliphatic carbocycles. The first-order chi connectivity index (χ1) is 8.46. The first-order valence-electron chi connectivity index (χ1n) is 6.89. The molecule has 1 aliphatic rings. The smallest absolute Gasteiger partial charge is 0.185 e. The lowest BCUT2D eigenvalue weighted by molar-refractivity contribution is 0.293. The van der Waals surface area contributed by atoms with Crippen LogP contribution in [0.3, 0.4) is 0 Å². The number of aromatic nitrogens is 1. The summed E-state index contributed by atoms with van der Waals surface area (Å²) in [5.74, 6) is 0. The minimum atomic E-state index is 0.431. The maximum atomic E-state index is 4.75. The lowest BCUT2D eigenvalue weighted by Gasteiger charge is -2.37. The summed E-state index contributed by atoms with van der Waals surface area (Å²) >= 11 is 1.78. The van der Waals surface area contributed by atoms with Crippen LogP contribution in [0.2, 0.25) is 0 Å². The highest BCUT2D eigenvalue weighted by Crippen LogP contribution is 2.32. The summed E-state index contributed by atoms with van der Waals surface area (Å²) in [7, 11) is 0. The van der Waals surface area contributed by atoms with Gasteiger partial charge in [-0.15, -0.1) is 11.3 Å². The van der Waals surface area contributed by atoms with Gasteiger partial charge in [-0.3, -0.25) is 0 Å². The van der Waals surface area contributed by atoms with Crippen LogP contribution in [0.25, 0.3) is 0 Å². The third-order valence-electron chi connectivity index (χ3n) is 3.40. The third-order valence-corrected chi connectivity index (χ3v) is 4.35. The molecule has 2 heterocycles. The van der Waals surface area contributed by atoms with E-state index < -0.39 is 0 Å². The van der Waals surface area contributed by atoms with Crippen molar-refractivity contribution in [2.75, 3.05) is 18.0 Å². The molecular weight excluding hydrogens is 242 g/mol. The number of nitrogens with one attached hydrogen (secondary N) is 1. The average molecular weight is 267 g/mol. The van der Waals surface area contributed by atoms with Gasteiger partial charge in [0, 0.05) is 31.1 Å². The Morgan fingerprint density at radius 2 is 2.28 bits per heavy atom. The zero-order valence-electron chi connectivity index (χ0n) is 12.0. The number of piperidine rings is 1. The van der Waals surface area contributed by atoms with Crippen molar-refractivity contribution in [3.63, 3.8) is 0 Å². The highest BCUT2D eigenvalue weighted by molar-refractivity contribution is 7.13. The van der Waals surface area contributed by atoms with Crippen LogP contribution >= 0.6 is 11.3 Å². The van der Waals surface area contributed by atoms with E-state index in [0.29, 0.717) is 11.5 Å². The maximum absolute atomic E-state index is 4.75. The molecule has 3 nitrogen and oxygen atoms in total. The van der Waals surface area contributed by atoms with Crippen molar-refractivity contribution in [3.05, 3.63) is 11.1 Å². The van der Waals surface area contributed by atoms with E-state index in [4.69, 9.17) is 4.98 Å². The molecule has 1 aliphatic heterocycles. The van der Waals surface area contributed by atoms with Crippen molar-refractivity contribution in [2.45, 2.75) is 53.1 Å². The highest BCUT2D eigenvalue weighted by atomic mass is 32.1. The quantitative estimate of drug-likeness (QED) is 0.907. The van der Waals surface area contributed by atoms with Gasteiger partial charge in [0.05, 0.1) is 5.69 Å². The minimum Gasteiger partial charge on any atom is -0.348 e. The number of hydrogen-bond donors (Lipinski definition) is 1. The van der Waals surface area contributed by atoms with Crippen LogP contribution in [0.15, 0.2) is 5.38 Å². The second-order valence-electron chi connectivity index (χ2n) is 6.35. The number of hydrogen-bond acceptors (Lipinski definition) is 4. The van der Waals surface area contributed by atoms with Crippen LogP contribution in [0.1, 0.15) is 46.2 Å². The van der Waals surface area contributed by atoms with Crippen LogP contribution < -0.4 is 10.2 Å². The topological polar surface area (TPSA) is 28.2 Å². The Labute approximate surface area is 115 Å². The SMILES string of the molecule is CC(C)NCc1csc(N2CCCC(C)(C)C2)n1. The first-order valence-corrected chi connectivity index (χ1v) is 7.77. The van der Waals surface area contributed by atoms with E-state index >= 15 is 0 Å². The lowest BCUT2D eigenvalue weighted by atomic mass is 9.84. The number of thiazole rings is 1. The number of rotatable bonds is 4. The predicted molar refractivity (Wildman–Crippen MR) is 79.3 cm³/mol. The normalized spacial score (nSPS) is 19.5. The van der Waals surface area contributed by atoms with E-state index in [1.165, 1.54) is 23.7 Å². The van der Waals surface area contributed by atoms with Crippen molar-refractivity contribution in [2.24, 2.45) is 5.41 Å². The molecule has 0 aromatic carbocycles. The Bertz CT molecular complexity index is 384. The van der Waals surface area contributed by atoms with Crippen molar-refractivity contribution < 1.29 is 0 Å². The van der Waals surface area contributed by atoms with Crippen LogP contribution in [-0.2, 0) is 6.54 Å². The van der Waals surface area contributed by atoms with Gasteiger partial charge in [-0.1, -0.05) is 27.7 Å². The van der Waals surface area contributed by atoms with Crippen molar-refractivity contribution in [3.8, 4) is 0 Å². The van der Waals surface area contributed by atoms with Crippen LogP contribution in [0, 0.1) is 5.41 Å². The molecule has 0 bridgehead atoms. The summed E-state index contributed by atoms with van der Waals surface area (Å²) in [6.07, 6.45) is 2.61. The molecule has 1 aromatic rings. The van der Waals surface area contributed by atoms with Gasteiger partial charge in [-0.05, 0) is 18.3 Å². The summed E-state index contributed by atoms with van der Waals surface area (Å²) in [5.41, 5.74) is 1.60. The molecule has 4 heteroatoms. The van der Waals surface area contributed by atoms with Gasteiger partial charge in [-0.25, -0.2) is 4.98 Å². The van der Waals surface area contributed by atoms with Gasteiger partial charge in [0.15, 0.2) is 5.13 Å². The monoisotopic (exact) mass is 267 g/mol. The molecule has 0 saturated carbocycles. The van der Waals surface area contributed by atoms with Gasteiger partial charge in [0.2, 0.25) is 0 Å². The molecule has 1 fully saturated rings. The molecule has 2 rings (SSSR count). The zero-order chi connectivity index (χ0) is 13.2. The minimum absolute atomic E-state index is 0.431. The molecule has 102 valence electrons. The van der Waals surface area contributed by atoms with E-state index in [-0.39, 0.29) is 0 Å². The van der Waals surface area contributed by atoms with Crippen LogP contribution in [-0.4, -0.2) is 24.1 Å². The fourth-order valence-electron chi connectivity index (χ4n) is 2.42. The molecule has 0 radical (unpaired) electrons. The van der Waals surface area contributed by atoms with E-state index in [0.717, 1.165) is 19.6 Å². The molecule has 1 aromatic heterocycles.